The van der Waals surface area contributed by atoms with Gasteiger partial charge in [0, 0.05) is 13.5 Å². The predicted molar refractivity (Wildman–Crippen MR) is 173 cm³/mol. The van der Waals surface area contributed by atoms with Crippen molar-refractivity contribution in [3.63, 3.8) is 0 Å². The van der Waals surface area contributed by atoms with Crippen molar-refractivity contribution in [2.75, 3.05) is 6.54 Å². The van der Waals surface area contributed by atoms with Crippen molar-refractivity contribution in [3.05, 3.63) is 119 Å². The van der Waals surface area contributed by atoms with E-state index in [0.717, 1.165) is 22.7 Å². The number of imide groups is 1. The van der Waals surface area contributed by atoms with Crippen LogP contribution < -0.4 is 5.32 Å². The number of carboxylic acids is 1. The van der Waals surface area contributed by atoms with Crippen molar-refractivity contribution >= 4 is 40.7 Å². The number of nitrogens with one attached hydrogen (secondary N) is 2. The molecule has 5 amide bonds. The van der Waals surface area contributed by atoms with Gasteiger partial charge in [-0.3, -0.25) is 14.5 Å². The number of fused-ring (bicyclic) bond motifs is 1. The molecule has 0 unspecified atom stereocenters. The van der Waals surface area contributed by atoms with Crippen molar-refractivity contribution < 1.29 is 33.8 Å². The Morgan fingerprint density at radius 3 is 2.21 bits per heavy atom. The van der Waals surface area contributed by atoms with Crippen LogP contribution in [0.25, 0.3) is 10.8 Å². The molecule has 5 rings (SSSR count). The quantitative estimate of drug-likeness (QED) is 0.140. The van der Waals surface area contributed by atoms with Crippen molar-refractivity contribution in [1.82, 2.24) is 20.2 Å². The van der Waals surface area contributed by atoms with Gasteiger partial charge in [-0.05, 0) is 46.0 Å². The van der Waals surface area contributed by atoms with E-state index in [4.69, 9.17) is 10.3 Å². The summed E-state index contributed by atoms with van der Waals surface area (Å²) in [6, 6.07) is 26.2. The normalized spacial score (nSPS) is 16.5. The van der Waals surface area contributed by atoms with Gasteiger partial charge in [-0.1, -0.05) is 91.0 Å². The summed E-state index contributed by atoms with van der Waals surface area (Å²) in [5.41, 5.74) is 8.08. The molecule has 13 heteroatoms. The van der Waals surface area contributed by atoms with Crippen molar-refractivity contribution in [3.8, 4) is 0 Å². The molecule has 4 aromatic rings. The molecule has 1 fully saturated rings. The number of carboxylic acid groups (broad SMARTS) is 1. The second-order valence-corrected chi connectivity index (χ2v) is 11.5. The van der Waals surface area contributed by atoms with Crippen molar-refractivity contribution in [2.45, 2.75) is 45.1 Å². The summed E-state index contributed by atoms with van der Waals surface area (Å²) in [6.07, 6.45) is -1.06. The molecule has 246 valence electrons. The van der Waals surface area contributed by atoms with Gasteiger partial charge in [0.25, 0.3) is 5.91 Å². The lowest BCUT2D eigenvalue weighted by atomic mass is 9.89. The summed E-state index contributed by atoms with van der Waals surface area (Å²) in [5, 5.41) is 18.9. The van der Waals surface area contributed by atoms with Crippen LogP contribution in [0.5, 0.6) is 0 Å². The second-order valence-electron chi connectivity index (χ2n) is 11.5. The largest absolute Gasteiger partial charge is 0.480 e. The maximum atomic E-state index is 14.4. The zero-order valence-electron chi connectivity index (χ0n) is 26.3. The second kappa shape index (κ2) is 14.1. The molecule has 0 aromatic heterocycles. The van der Waals surface area contributed by atoms with Crippen LogP contribution in [-0.2, 0) is 44.4 Å². The van der Waals surface area contributed by atoms with E-state index >= 15 is 0 Å². The van der Waals surface area contributed by atoms with Gasteiger partial charge < -0.3 is 15.2 Å². The summed E-state index contributed by atoms with van der Waals surface area (Å²) in [5.74, 6) is -3.11. The summed E-state index contributed by atoms with van der Waals surface area (Å²) >= 11 is 0. The van der Waals surface area contributed by atoms with Gasteiger partial charge in [0.05, 0.1) is 13.1 Å². The SMILES string of the molecule is CC(=O)N(C[C@@H](NC(=O)OCc1ccccc1)C(=O)O)N1C(=O)N(Cc2ccc3ccccc3c2)[C@](C)(c2ccc(CN=N)cc2)C1=O. The number of aliphatic carboxylic acids is 1. The minimum Gasteiger partial charge on any atom is -0.480 e. The lowest BCUT2D eigenvalue weighted by molar-refractivity contribution is -0.158. The van der Waals surface area contributed by atoms with E-state index in [1.54, 1.807) is 61.5 Å². The van der Waals surface area contributed by atoms with E-state index in [2.05, 4.69) is 10.4 Å². The zero-order chi connectivity index (χ0) is 34.4. The Kier molecular flexibility index (Phi) is 9.78. The molecule has 0 spiro atoms. The number of rotatable bonds is 12. The number of hydrazine groups is 1. The number of alkyl carbamates (subject to hydrolysis) is 1. The molecule has 2 atom stereocenters. The van der Waals surface area contributed by atoms with Gasteiger partial charge in [0.2, 0.25) is 5.91 Å². The van der Waals surface area contributed by atoms with Crippen molar-refractivity contribution in [2.24, 2.45) is 5.11 Å². The first-order chi connectivity index (χ1) is 23.0. The van der Waals surface area contributed by atoms with Gasteiger partial charge >= 0.3 is 18.1 Å². The van der Waals surface area contributed by atoms with Gasteiger partial charge in [0.15, 0.2) is 0 Å². The first-order valence-corrected chi connectivity index (χ1v) is 15.1. The fraction of sp³-hybridized carbons (Fsp3) is 0.229. The van der Waals surface area contributed by atoms with Crippen LogP contribution in [0.15, 0.2) is 102 Å². The maximum absolute atomic E-state index is 14.4. The van der Waals surface area contributed by atoms with E-state index in [1.807, 2.05) is 42.5 Å². The van der Waals surface area contributed by atoms with E-state index in [1.165, 1.54) is 4.90 Å². The fourth-order valence-electron chi connectivity index (χ4n) is 5.59. The van der Waals surface area contributed by atoms with Crippen LogP contribution in [0.2, 0.25) is 0 Å². The van der Waals surface area contributed by atoms with Gasteiger partial charge in [-0.15, -0.1) is 0 Å². The molecular weight excluding hydrogens is 616 g/mol. The minimum atomic E-state index is -1.73. The van der Waals surface area contributed by atoms with Crippen LogP contribution in [0.3, 0.4) is 0 Å². The highest BCUT2D eigenvalue weighted by Crippen LogP contribution is 2.40. The van der Waals surface area contributed by atoms with Crippen molar-refractivity contribution in [1.29, 1.82) is 5.53 Å². The van der Waals surface area contributed by atoms with Gasteiger partial charge in [0.1, 0.15) is 18.2 Å². The average molecular weight is 651 g/mol. The molecule has 0 bridgehead atoms. The molecule has 1 saturated heterocycles. The molecule has 13 nitrogen and oxygen atoms in total. The summed E-state index contributed by atoms with van der Waals surface area (Å²) in [4.78, 5) is 67.9. The van der Waals surface area contributed by atoms with Crippen LogP contribution in [0, 0.1) is 5.53 Å². The number of benzene rings is 4. The topological polar surface area (TPSA) is 173 Å². The molecule has 0 saturated carbocycles. The number of urea groups is 1. The molecule has 1 heterocycles. The number of carbonyl (C=O) groups is 5. The number of carbonyl (C=O) groups excluding carboxylic acids is 4. The lowest BCUT2D eigenvalue weighted by Crippen LogP contribution is -2.57. The minimum absolute atomic E-state index is 0.0234. The number of hydrogen-bond acceptors (Lipinski definition) is 8. The van der Waals surface area contributed by atoms with E-state index in [0.29, 0.717) is 27.3 Å². The maximum Gasteiger partial charge on any atom is 0.408 e. The third-order valence-corrected chi connectivity index (χ3v) is 8.26. The molecule has 48 heavy (non-hydrogen) atoms. The van der Waals surface area contributed by atoms with Crippen LogP contribution in [0.4, 0.5) is 9.59 Å². The summed E-state index contributed by atoms with van der Waals surface area (Å²) in [7, 11) is 0. The third kappa shape index (κ3) is 6.84. The summed E-state index contributed by atoms with van der Waals surface area (Å²) in [6.45, 7) is 1.89. The number of amides is 5. The molecule has 4 aromatic carbocycles. The molecule has 1 aliphatic heterocycles. The highest BCUT2D eigenvalue weighted by Gasteiger charge is 2.58. The van der Waals surface area contributed by atoms with E-state index in [-0.39, 0.29) is 19.7 Å². The highest BCUT2D eigenvalue weighted by molar-refractivity contribution is 6.08. The Hall–Kier alpha value is -6.11. The first-order valence-electron chi connectivity index (χ1n) is 15.1. The van der Waals surface area contributed by atoms with Crippen LogP contribution in [0.1, 0.15) is 36.1 Å². The third-order valence-electron chi connectivity index (χ3n) is 8.26. The molecule has 0 aliphatic carbocycles. The zero-order valence-corrected chi connectivity index (χ0v) is 26.3. The number of hydrogen-bond donors (Lipinski definition) is 3. The standard InChI is InChI=1S/C35H34N6O7/c1-23(42)40(21-30(31(43)44)38-33(46)48-22-25-8-4-3-5-9-25)41-32(45)35(2,29-16-13-24(14-17-29)19-37-36)39(34(41)47)20-26-12-15-27-10-6-7-11-28(27)18-26/h3-18,30,36H,19-22H2,1-2H3,(H,38,46)(H,43,44)/t30-,35-/m1/s1. The first kappa shape index (κ1) is 33.3. The van der Waals surface area contributed by atoms with Gasteiger partial charge in [-0.2, -0.15) is 10.1 Å². The van der Waals surface area contributed by atoms with Crippen LogP contribution in [-0.4, -0.2) is 62.5 Å². The summed E-state index contributed by atoms with van der Waals surface area (Å²) < 4.78 is 5.16. The molecule has 3 N–H and O–H groups in total. The van der Waals surface area contributed by atoms with Crippen LogP contribution >= 0.6 is 0 Å². The lowest BCUT2D eigenvalue weighted by Gasteiger charge is -2.32. The smallest absolute Gasteiger partial charge is 0.408 e. The Bertz CT molecular complexity index is 1870. The Morgan fingerprint density at radius 1 is 0.917 bits per heavy atom. The predicted octanol–water partition coefficient (Wildman–Crippen LogP) is 5.19. The Labute approximate surface area is 276 Å². The number of nitrogens with zero attached hydrogens (tertiary/aromatic N) is 4. The van der Waals surface area contributed by atoms with E-state index < -0.39 is 48.0 Å². The van der Waals surface area contributed by atoms with Gasteiger partial charge in [-0.25, -0.2) is 24.9 Å². The Morgan fingerprint density at radius 2 is 1.56 bits per heavy atom. The Balaban J connectivity index is 1.46. The average Bonchev–Trinajstić information content (AvgIpc) is 3.26. The monoisotopic (exact) mass is 650 g/mol. The molecule has 1 aliphatic rings. The molecule has 0 radical (unpaired) electrons. The molecular formula is C35H34N6O7. The number of ether oxygens (including phenoxy) is 1. The highest BCUT2D eigenvalue weighted by atomic mass is 16.5. The fourth-order valence-corrected chi connectivity index (χ4v) is 5.59. The van der Waals surface area contributed by atoms with E-state index in [9.17, 15) is 29.1 Å².